The van der Waals surface area contributed by atoms with E-state index < -0.39 is 10.0 Å². The topological polar surface area (TPSA) is 79.4 Å². The second-order valence-corrected chi connectivity index (χ2v) is 12.0. The van der Waals surface area contributed by atoms with E-state index in [2.05, 4.69) is 10.3 Å². The number of aryl methyl sites for hydroxylation is 3. The van der Waals surface area contributed by atoms with Gasteiger partial charge >= 0.3 is 0 Å². The van der Waals surface area contributed by atoms with Gasteiger partial charge in [0.05, 0.1) is 11.6 Å². The Balaban J connectivity index is 1.44. The minimum absolute atomic E-state index is 0.119. The minimum Gasteiger partial charge on any atom is -0.302 e. The SMILES string of the molecule is Cc1ccc(S(=O)(=O)N2CCC[C@@H](C(=O)Nc3nc4c(s3)CCCCC4)C2)s1. The summed E-state index contributed by atoms with van der Waals surface area (Å²) in [6.45, 7) is 2.59. The zero-order chi connectivity index (χ0) is 19.7. The highest BCUT2D eigenvalue weighted by atomic mass is 32.2. The number of piperidine rings is 1. The lowest BCUT2D eigenvalue weighted by molar-refractivity contribution is -0.120. The fourth-order valence-corrected chi connectivity index (χ4v) is 7.86. The first-order valence-electron chi connectivity index (χ1n) is 9.79. The molecular weight excluding hydrogens is 414 g/mol. The van der Waals surface area contributed by atoms with Crippen LogP contribution in [0.5, 0.6) is 0 Å². The predicted molar refractivity (Wildman–Crippen MR) is 113 cm³/mol. The standard InChI is InChI=1S/C19H25N3O3S3/c1-13-9-10-17(26-13)28(24,25)22-11-5-6-14(12-22)18(23)21-19-20-15-7-3-2-4-8-16(15)27-19/h9-10,14H,2-8,11-12H2,1H3,(H,20,21,23)/t14-/m1/s1. The highest BCUT2D eigenvalue weighted by Crippen LogP contribution is 2.31. The van der Waals surface area contributed by atoms with Crippen molar-refractivity contribution in [3.63, 3.8) is 0 Å². The maximum atomic E-state index is 12.9. The predicted octanol–water partition coefficient (Wildman–Crippen LogP) is 3.82. The third kappa shape index (κ3) is 4.17. The molecule has 1 N–H and O–H groups in total. The first-order valence-corrected chi connectivity index (χ1v) is 12.9. The minimum atomic E-state index is -3.53. The van der Waals surface area contributed by atoms with Gasteiger partial charge in [-0.3, -0.25) is 4.79 Å². The van der Waals surface area contributed by atoms with Crippen molar-refractivity contribution in [2.45, 2.75) is 56.1 Å². The first-order chi connectivity index (χ1) is 13.4. The summed E-state index contributed by atoms with van der Waals surface area (Å²) in [5.74, 6) is -0.459. The summed E-state index contributed by atoms with van der Waals surface area (Å²) in [7, 11) is -3.53. The zero-order valence-electron chi connectivity index (χ0n) is 15.9. The molecule has 0 aromatic carbocycles. The third-order valence-corrected chi connectivity index (χ3v) is 9.80. The van der Waals surface area contributed by atoms with E-state index in [1.807, 2.05) is 13.0 Å². The van der Waals surface area contributed by atoms with Crippen LogP contribution in [0.2, 0.25) is 0 Å². The van der Waals surface area contributed by atoms with Crippen LogP contribution in [0.15, 0.2) is 16.3 Å². The fraction of sp³-hybridized carbons (Fsp3) is 0.579. The summed E-state index contributed by atoms with van der Waals surface area (Å²) in [6, 6.07) is 3.47. The number of carbonyl (C=O) groups is 1. The molecule has 28 heavy (non-hydrogen) atoms. The van der Waals surface area contributed by atoms with Crippen LogP contribution in [0.3, 0.4) is 0 Å². The van der Waals surface area contributed by atoms with Gasteiger partial charge < -0.3 is 5.32 Å². The molecule has 2 aliphatic rings. The van der Waals surface area contributed by atoms with Crippen molar-refractivity contribution in [2.24, 2.45) is 5.92 Å². The lowest BCUT2D eigenvalue weighted by Crippen LogP contribution is -2.43. The molecule has 2 aromatic rings. The van der Waals surface area contributed by atoms with Crippen LogP contribution in [0.25, 0.3) is 0 Å². The molecule has 0 unspecified atom stereocenters. The Morgan fingerprint density at radius 3 is 2.79 bits per heavy atom. The Morgan fingerprint density at radius 2 is 2.00 bits per heavy atom. The van der Waals surface area contributed by atoms with Crippen molar-refractivity contribution in [1.29, 1.82) is 0 Å². The van der Waals surface area contributed by atoms with Crippen molar-refractivity contribution in [1.82, 2.24) is 9.29 Å². The molecule has 1 saturated heterocycles. The van der Waals surface area contributed by atoms with Crippen LogP contribution in [-0.2, 0) is 27.7 Å². The number of anilines is 1. The van der Waals surface area contributed by atoms with Crippen LogP contribution in [0, 0.1) is 12.8 Å². The van der Waals surface area contributed by atoms with Crippen molar-refractivity contribution in [2.75, 3.05) is 18.4 Å². The monoisotopic (exact) mass is 439 g/mol. The van der Waals surface area contributed by atoms with Gasteiger partial charge in [-0.05, 0) is 57.6 Å². The fourth-order valence-electron chi connectivity index (χ4n) is 3.84. The van der Waals surface area contributed by atoms with Gasteiger partial charge in [-0.15, -0.1) is 22.7 Å². The summed E-state index contributed by atoms with van der Waals surface area (Å²) in [4.78, 5) is 19.7. The number of sulfonamides is 1. The Labute approximate surface area is 174 Å². The third-order valence-electron chi connectivity index (χ3n) is 5.39. The number of amides is 1. The molecule has 1 amide bonds. The number of fused-ring (bicyclic) bond motifs is 1. The number of carbonyl (C=O) groups excluding carboxylic acids is 1. The van der Waals surface area contributed by atoms with Crippen molar-refractivity contribution in [3.05, 3.63) is 27.6 Å². The average molecular weight is 440 g/mol. The van der Waals surface area contributed by atoms with E-state index in [1.165, 1.54) is 33.4 Å². The molecule has 1 atom stereocenters. The van der Waals surface area contributed by atoms with E-state index in [9.17, 15) is 13.2 Å². The molecule has 152 valence electrons. The number of rotatable bonds is 4. The van der Waals surface area contributed by atoms with Crippen molar-refractivity contribution < 1.29 is 13.2 Å². The first kappa shape index (κ1) is 20.0. The number of nitrogens with zero attached hydrogens (tertiary/aromatic N) is 2. The molecule has 9 heteroatoms. The average Bonchev–Trinajstić information content (AvgIpc) is 3.22. The maximum Gasteiger partial charge on any atom is 0.252 e. The molecule has 0 saturated carbocycles. The summed E-state index contributed by atoms with van der Waals surface area (Å²) in [5, 5.41) is 3.61. The van der Waals surface area contributed by atoms with Gasteiger partial charge in [0.2, 0.25) is 5.91 Å². The summed E-state index contributed by atoms with van der Waals surface area (Å²) >= 11 is 2.85. The van der Waals surface area contributed by atoms with Gasteiger partial charge in [-0.25, -0.2) is 13.4 Å². The zero-order valence-corrected chi connectivity index (χ0v) is 18.4. The van der Waals surface area contributed by atoms with Crippen LogP contribution in [0.1, 0.15) is 47.6 Å². The van der Waals surface area contributed by atoms with Gasteiger partial charge in [0.1, 0.15) is 4.21 Å². The van der Waals surface area contributed by atoms with E-state index in [0.29, 0.717) is 28.7 Å². The van der Waals surface area contributed by atoms with Gasteiger partial charge in [-0.1, -0.05) is 6.42 Å². The Morgan fingerprint density at radius 1 is 1.18 bits per heavy atom. The maximum absolute atomic E-state index is 12.9. The second kappa shape index (κ2) is 8.22. The number of hydrogen-bond donors (Lipinski definition) is 1. The molecule has 0 spiro atoms. The number of thiazole rings is 1. The molecule has 3 heterocycles. The van der Waals surface area contributed by atoms with Crippen LogP contribution in [0.4, 0.5) is 5.13 Å². The molecule has 2 aromatic heterocycles. The van der Waals surface area contributed by atoms with Gasteiger partial charge in [0, 0.05) is 22.8 Å². The lowest BCUT2D eigenvalue weighted by atomic mass is 9.99. The molecule has 1 aliphatic heterocycles. The van der Waals surface area contributed by atoms with Crippen molar-refractivity contribution >= 4 is 43.7 Å². The van der Waals surface area contributed by atoms with E-state index in [4.69, 9.17) is 0 Å². The summed E-state index contributed by atoms with van der Waals surface area (Å²) in [6.07, 6.45) is 6.99. The normalized spacial score (nSPS) is 21.1. The van der Waals surface area contributed by atoms with Gasteiger partial charge in [-0.2, -0.15) is 4.31 Å². The highest BCUT2D eigenvalue weighted by molar-refractivity contribution is 7.91. The van der Waals surface area contributed by atoms with Crippen LogP contribution < -0.4 is 5.32 Å². The number of aromatic nitrogens is 1. The highest BCUT2D eigenvalue weighted by Gasteiger charge is 2.34. The number of thiophene rings is 1. The number of nitrogens with one attached hydrogen (secondary N) is 1. The van der Waals surface area contributed by atoms with Crippen molar-refractivity contribution in [3.8, 4) is 0 Å². The summed E-state index contributed by atoms with van der Waals surface area (Å²) in [5.41, 5.74) is 1.12. The van der Waals surface area contributed by atoms with E-state index >= 15 is 0 Å². The second-order valence-electron chi connectivity index (χ2n) is 7.51. The summed E-state index contributed by atoms with van der Waals surface area (Å²) < 4.78 is 27.6. The smallest absolute Gasteiger partial charge is 0.252 e. The van der Waals surface area contributed by atoms with Crippen LogP contribution in [-0.4, -0.2) is 36.7 Å². The molecule has 1 fully saturated rings. The van der Waals surface area contributed by atoms with Crippen LogP contribution >= 0.6 is 22.7 Å². The number of hydrogen-bond acceptors (Lipinski definition) is 6. The molecule has 4 rings (SSSR count). The van der Waals surface area contributed by atoms with E-state index in [0.717, 1.165) is 29.8 Å². The van der Waals surface area contributed by atoms with Gasteiger partial charge in [0.25, 0.3) is 10.0 Å². The Hall–Kier alpha value is -1.29. The van der Waals surface area contributed by atoms with E-state index in [1.54, 1.807) is 17.4 Å². The Bertz CT molecular complexity index is 941. The molecule has 1 aliphatic carbocycles. The molecule has 0 radical (unpaired) electrons. The quantitative estimate of drug-likeness (QED) is 0.735. The molecular formula is C19H25N3O3S3. The van der Waals surface area contributed by atoms with E-state index in [-0.39, 0.29) is 18.4 Å². The lowest BCUT2D eigenvalue weighted by Gasteiger charge is -2.30. The molecule has 6 nitrogen and oxygen atoms in total. The Kier molecular flexibility index (Phi) is 5.87. The molecule has 0 bridgehead atoms. The largest absolute Gasteiger partial charge is 0.302 e. The van der Waals surface area contributed by atoms with Gasteiger partial charge in [0.15, 0.2) is 5.13 Å².